The SMILES string of the molecule is C=NC(c1ccc(OC)cc1)C(NC(=C)C(C)C)C(/C=C\C(=C)Cl)=C/C.CC.CF.CSCC(=O)O. The van der Waals surface area contributed by atoms with Crippen molar-refractivity contribution < 1.29 is 19.0 Å². The van der Waals surface area contributed by atoms with Crippen LogP contribution >= 0.6 is 23.4 Å². The second-order valence-electron chi connectivity index (χ2n) is 7.10. The third kappa shape index (κ3) is 17.0. The number of allylic oxidation sites excluding steroid dienone is 4. The number of thioether (sulfide) groups is 1. The van der Waals surface area contributed by atoms with E-state index in [0.717, 1.165) is 22.6 Å². The highest BCUT2D eigenvalue weighted by Gasteiger charge is 2.25. The van der Waals surface area contributed by atoms with Gasteiger partial charge < -0.3 is 15.2 Å². The van der Waals surface area contributed by atoms with Gasteiger partial charge in [-0.05, 0) is 55.2 Å². The molecule has 0 aliphatic rings. The molecule has 2 unspecified atom stereocenters. The van der Waals surface area contributed by atoms with Crippen LogP contribution in [0.5, 0.6) is 5.75 Å². The second-order valence-corrected chi connectivity index (χ2v) is 8.45. The van der Waals surface area contributed by atoms with Gasteiger partial charge in [-0.15, -0.1) is 0 Å². The van der Waals surface area contributed by atoms with Gasteiger partial charge in [-0.2, -0.15) is 11.8 Å². The van der Waals surface area contributed by atoms with E-state index < -0.39 is 5.97 Å². The zero-order valence-corrected chi connectivity index (χ0v) is 24.5. The lowest BCUT2D eigenvalue weighted by molar-refractivity contribution is -0.133. The van der Waals surface area contributed by atoms with Crippen LogP contribution < -0.4 is 10.1 Å². The van der Waals surface area contributed by atoms with Gasteiger partial charge in [0.2, 0.25) is 0 Å². The Morgan fingerprint density at radius 2 is 1.75 bits per heavy atom. The maximum Gasteiger partial charge on any atom is 0.313 e. The first kappa shape index (κ1) is 38.0. The smallest absolute Gasteiger partial charge is 0.313 e. The fraction of sp³-hybridized carbons (Fsp3) is 0.429. The average molecular weight is 543 g/mol. The molecule has 0 spiro atoms. The van der Waals surface area contributed by atoms with Gasteiger partial charge in [0.25, 0.3) is 0 Å². The molecule has 0 aromatic heterocycles. The Balaban J connectivity index is -0.000000932. The Bertz CT molecular complexity index is 825. The predicted octanol–water partition coefficient (Wildman–Crippen LogP) is 7.87. The molecule has 1 aromatic rings. The summed E-state index contributed by atoms with van der Waals surface area (Å²) in [5.41, 5.74) is 3.00. The quantitative estimate of drug-likeness (QED) is 0.208. The third-order valence-electron chi connectivity index (χ3n) is 4.42. The summed E-state index contributed by atoms with van der Waals surface area (Å²) in [5.74, 6) is 0.559. The fourth-order valence-corrected chi connectivity index (χ4v) is 2.91. The molecule has 5 nitrogen and oxygen atoms in total. The molecule has 0 fully saturated rings. The van der Waals surface area contributed by atoms with E-state index in [1.54, 1.807) is 19.4 Å². The number of nitrogens with one attached hydrogen (secondary N) is 1. The van der Waals surface area contributed by atoms with Gasteiger partial charge in [0, 0.05) is 10.7 Å². The van der Waals surface area contributed by atoms with Crippen LogP contribution in [0.15, 0.2) is 76.9 Å². The van der Waals surface area contributed by atoms with Crippen molar-refractivity contribution >= 4 is 36.0 Å². The van der Waals surface area contributed by atoms with Crippen LogP contribution in [0, 0.1) is 5.92 Å². The van der Waals surface area contributed by atoms with E-state index in [9.17, 15) is 9.18 Å². The predicted molar refractivity (Wildman–Crippen MR) is 158 cm³/mol. The number of hydrogen-bond acceptors (Lipinski definition) is 5. The number of carboxylic acid groups (broad SMARTS) is 1. The molecule has 2 N–H and O–H groups in total. The van der Waals surface area contributed by atoms with E-state index in [2.05, 4.69) is 44.0 Å². The van der Waals surface area contributed by atoms with Gasteiger partial charge >= 0.3 is 5.97 Å². The molecule has 2 atom stereocenters. The van der Waals surface area contributed by atoms with Gasteiger partial charge in [-0.25, -0.2) is 0 Å². The third-order valence-corrected chi connectivity index (χ3v) is 5.09. The van der Waals surface area contributed by atoms with E-state index in [0.29, 0.717) is 18.1 Å². The number of hydrogen-bond donors (Lipinski definition) is 2. The maximum atomic E-state index is 9.58. The molecule has 0 aliphatic heterocycles. The number of ether oxygens (including phenoxy) is 1. The molecular formula is C28H44ClFN2O3S. The average Bonchev–Trinajstić information content (AvgIpc) is 2.87. The standard InChI is InChI=1S/C22H29ClN2O.C3H6O2S.C2H6.CH3F/c1-8-18(10-9-16(4)23)22(25-17(5)15(2)3)21(24-6)19-11-13-20(26-7)14-12-19;1-6-2-3(4)5;2*1-2/h8-15,21-22,25H,4-6H2,1-3,7H3;2H2,1H3,(H,4,5);1-2H3;1H3/b10-9-,18-8+;;;. The first-order chi connectivity index (χ1) is 17.1. The largest absolute Gasteiger partial charge is 0.497 e. The molecule has 0 saturated heterocycles. The molecular weight excluding hydrogens is 499 g/mol. The number of methoxy groups -OCH3 is 1. The summed E-state index contributed by atoms with van der Waals surface area (Å²) in [6.45, 7) is 21.9. The summed E-state index contributed by atoms with van der Waals surface area (Å²) < 4.78 is 14.7. The Morgan fingerprint density at radius 1 is 1.22 bits per heavy atom. The molecule has 204 valence electrons. The Labute approximate surface area is 227 Å². The monoisotopic (exact) mass is 542 g/mol. The molecule has 0 amide bonds. The van der Waals surface area contributed by atoms with E-state index in [-0.39, 0.29) is 17.8 Å². The number of nitrogens with zero attached hydrogens (tertiary/aromatic N) is 1. The van der Waals surface area contributed by atoms with Crippen LogP contribution in [0.3, 0.4) is 0 Å². The summed E-state index contributed by atoms with van der Waals surface area (Å²) in [6, 6.07) is 7.52. The minimum absolute atomic E-state index is 0.131. The van der Waals surface area contributed by atoms with Gasteiger partial charge in [0.1, 0.15) is 5.75 Å². The van der Waals surface area contributed by atoms with Crippen LogP contribution in [0.2, 0.25) is 0 Å². The first-order valence-electron chi connectivity index (χ1n) is 11.4. The molecule has 0 radical (unpaired) electrons. The highest BCUT2D eigenvalue weighted by atomic mass is 35.5. The lowest BCUT2D eigenvalue weighted by Gasteiger charge is -2.29. The first-order valence-corrected chi connectivity index (χ1v) is 13.2. The molecule has 36 heavy (non-hydrogen) atoms. The number of aliphatic imine (C=N–C) groups is 1. The zero-order chi connectivity index (χ0) is 28.7. The molecule has 1 rings (SSSR count). The van der Waals surface area contributed by atoms with Crippen molar-refractivity contribution in [3.05, 3.63) is 77.5 Å². The molecule has 8 heteroatoms. The second kappa shape index (κ2) is 24.2. The number of alkyl halides is 1. The normalized spacial score (nSPS) is 11.9. The Hall–Kier alpha value is -2.51. The maximum absolute atomic E-state index is 9.58. The highest BCUT2D eigenvalue weighted by molar-refractivity contribution is 7.99. The van der Waals surface area contributed by atoms with Gasteiger partial charge in [0.05, 0.1) is 32.1 Å². The van der Waals surface area contributed by atoms with E-state index in [1.165, 1.54) is 11.8 Å². The van der Waals surface area contributed by atoms with Crippen LogP contribution in [-0.4, -0.2) is 50.1 Å². The lowest BCUT2D eigenvalue weighted by Crippen LogP contribution is -2.36. The van der Waals surface area contributed by atoms with Gasteiger partial charge in [-0.1, -0.05) is 76.7 Å². The Morgan fingerprint density at radius 3 is 2.06 bits per heavy atom. The van der Waals surface area contributed by atoms with Crippen molar-refractivity contribution in [3.63, 3.8) is 0 Å². The number of carbonyl (C=O) groups is 1. The van der Waals surface area contributed by atoms with Crippen molar-refractivity contribution in [2.24, 2.45) is 10.9 Å². The number of rotatable bonds is 12. The minimum Gasteiger partial charge on any atom is -0.497 e. The van der Waals surface area contributed by atoms with Crippen LogP contribution in [-0.2, 0) is 4.79 Å². The summed E-state index contributed by atoms with van der Waals surface area (Å²) in [7, 11) is 2.15. The van der Waals surface area contributed by atoms with Crippen LogP contribution in [0.1, 0.15) is 46.2 Å². The summed E-state index contributed by atoms with van der Waals surface area (Å²) >= 11 is 7.22. The van der Waals surface area contributed by atoms with E-state index in [4.69, 9.17) is 21.4 Å². The molecule has 0 heterocycles. The van der Waals surface area contributed by atoms with Crippen LogP contribution in [0.25, 0.3) is 0 Å². The van der Waals surface area contributed by atoms with Crippen molar-refractivity contribution in [1.29, 1.82) is 0 Å². The molecule has 0 aliphatic carbocycles. The summed E-state index contributed by atoms with van der Waals surface area (Å²) in [4.78, 5) is 14.0. The topological polar surface area (TPSA) is 70.9 Å². The Kier molecular flexibility index (Phi) is 25.6. The fourth-order valence-electron chi connectivity index (χ4n) is 2.60. The summed E-state index contributed by atoms with van der Waals surface area (Å²) in [5, 5.41) is 11.9. The highest BCUT2D eigenvalue weighted by Crippen LogP contribution is 2.29. The van der Waals surface area contributed by atoms with Crippen molar-refractivity contribution in [3.8, 4) is 5.75 Å². The van der Waals surface area contributed by atoms with E-state index >= 15 is 0 Å². The number of halogens is 2. The minimum atomic E-state index is -0.748. The number of carboxylic acids is 1. The van der Waals surface area contributed by atoms with Crippen LogP contribution in [0.4, 0.5) is 4.39 Å². The van der Waals surface area contributed by atoms with Crippen molar-refractivity contribution in [2.75, 3.05) is 26.3 Å². The van der Waals surface area contributed by atoms with E-state index in [1.807, 2.05) is 57.2 Å². The van der Waals surface area contributed by atoms with Gasteiger partial charge in [-0.3, -0.25) is 14.2 Å². The van der Waals surface area contributed by atoms with Crippen molar-refractivity contribution in [2.45, 2.75) is 46.7 Å². The number of aliphatic carboxylic acids is 1. The van der Waals surface area contributed by atoms with Crippen molar-refractivity contribution in [1.82, 2.24) is 5.32 Å². The lowest BCUT2D eigenvalue weighted by atomic mass is 9.92. The molecule has 1 aromatic carbocycles. The number of benzene rings is 1. The molecule has 0 saturated carbocycles. The summed E-state index contributed by atoms with van der Waals surface area (Å²) in [6.07, 6.45) is 7.51. The van der Waals surface area contributed by atoms with Gasteiger partial charge in [0.15, 0.2) is 0 Å². The zero-order valence-electron chi connectivity index (χ0n) is 23.0. The molecule has 0 bridgehead atoms.